The summed E-state index contributed by atoms with van der Waals surface area (Å²) >= 11 is 0. The van der Waals surface area contributed by atoms with E-state index in [0.29, 0.717) is 0 Å². The fraction of sp³-hybridized carbons (Fsp3) is 0.875. The lowest BCUT2D eigenvalue weighted by Crippen LogP contribution is -2.21. The molecule has 0 saturated carbocycles. The number of carbonyl (C=O) groups excluding carboxylic acids is 1. The van der Waals surface area contributed by atoms with Crippen molar-refractivity contribution in [2.45, 2.75) is 26.1 Å². The molecule has 5 heteroatoms. The Labute approximate surface area is 77.6 Å². The van der Waals surface area contributed by atoms with Crippen LogP contribution in [0.2, 0.25) is 0 Å². The summed E-state index contributed by atoms with van der Waals surface area (Å²) in [4.78, 5) is 10.8. The zero-order valence-corrected chi connectivity index (χ0v) is 8.15. The van der Waals surface area contributed by atoms with Crippen LogP contribution in [-0.4, -0.2) is 43.8 Å². The predicted molar refractivity (Wildman–Crippen MR) is 45.5 cm³/mol. The highest BCUT2D eigenvalue weighted by molar-refractivity contribution is 5.59. The minimum atomic E-state index is -0.787. The van der Waals surface area contributed by atoms with E-state index in [2.05, 4.69) is 9.47 Å². The normalized spacial score (nSPS) is 14.8. The van der Waals surface area contributed by atoms with Crippen LogP contribution in [0.4, 0.5) is 4.79 Å². The molecule has 0 aliphatic rings. The number of hydrogen-bond donors (Lipinski definition) is 1. The number of hydrogen-bond acceptors (Lipinski definition) is 5. The van der Waals surface area contributed by atoms with E-state index in [4.69, 9.17) is 9.84 Å². The molecule has 0 fully saturated rings. The van der Waals surface area contributed by atoms with Crippen molar-refractivity contribution >= 4 is 6.16 Å². The average Bonchev–Trinajstić information content (AvgIpc) is 2.10. The van der Waals surface area contributed by atoms with Crippen LogP contribution in [0.25, 0.3) is 0 Å². The Morgan fingerprint density at radius 1 is 1.31 bits per heavy atom. The maximum Gasteiger partial charge on any atom is 0.508 e. The lowest BCUT2D eigenvalue weighted by atomic mass is 10.4. The van der Waals surface area contributed by atoms with E-state index in [0.717, 1.165) is 0 Å². The number of aliphatic hydroxyl groups excluding tert-OH is 1. The second kappa shape index (κ2) is 6.68. The van der Waals surface area contributed by atoms with Gasteiger partial charge < -0.3 is 19.3 Å². The molecule has 0 aromatic heterocycles. The Morgan fingerprint density at radius 3 is 2.31 bits per heavy atom. The molecular formula is C8H16O5. The summed E-state index contributed by atoms with van der Waals surface area (Å²) in [5.41, 5.74) is 0. The highest BCUT2D eigenvalue weighted by atomic mass is 16.7. The molecule has 0 heterocycles. The zero-order valence-electron chi connectivity index (χ0n) is 8.15. The highest BCUT2D eigenvalue weighted by Gasteiger charge is 2.08. The van der Waals surface area contributed by atoms with Crippen LogP contribution in [0.3, 0.4) is 0 Å². The van der Waals surface area contributed by atoms with Gasteiger partial charge in [0.25, 0.3) is 0 Å². The molecule has 0 radical (unpaired) electrons. The van der Waals surface area contributed by atoms with Crippen molar-refractivity contribution in [2.24, 2.45) is 0 Å². The first kappa shape index (κ1) is 12.2. The van der Waals surface area contributed by atoms with Crippen molar-refractivity contribution in [3.8, 4) is 0 Å². The van der Waals surface area contributed by atoms with E-state index in [-0.39, 0.29) is 19.3 Å². The van der Waals surface area contributed by atoms with Crippen LogP contribution in [0, 0.1) is 0 Å². The SMILES string of the molecule is COC(C)COC(=O)OCC(C)O. The molecule has 2 unspecified atom stereocenters. The van der Waals surface area contributed by atoms with Crippen molar-refractivity contribution < 1.29 is 24.1 Å². The molecule has 0 amide bonds. The Balaban J connectivity index is 3.40. The van der Waals surface area contributed by atoms with Gasteiger partial charge in [0.05, 0.1) is 12.2 Å². The Kier molecular flexibility index (Phi) is 6.26. The van der Waals surface area contributed by atoms with Gasteiger partial charge in [0.2, 0.25) is 0 Å². The first-order chi connectivity index (χ1) is 6.06. The van der Waals surface area contributed by atoms with Gasteiger partial charge in [-0.3, -0.25) is 0 Å². The van der Waals surface area contributed by atoms with E-state index < -0.39 is 12.3 Å². The molecule has 0 spiro atoms. The Morgan fingerprint density at radius 2 is 1.85 bits per heavy atom. The molecule has 0 aromatic rings. The summed E-state index contributed by atoms with van der Waals surface area (Å²) in [5, 5.41) is 8.77. The molecule has 78 valence electrons. The highest BCUT2D eigenvalue weighted by Crippen LogP contribution is 1.93. The fourth-order valence-electron chi connectivity index (χ4n) is 0.484. The lowest BCUT2D eigenvalue weighted by molar-refractivity contribution is -0.00535. The van der Waals surface area contributed by atoms with Crippen LogP contribution < -0.4 is 0 Å². The summed E-state index contributed by atoms with van der Waals surface area (Å²) in [6.07, 6.45) is -1.61. The van der Waals surface area contributed by atoms with E-state index in [1.54, 1.807) is 6.92 Å². The molecule has 0 aromatic carbocycles. The third kappa shape index (κ3) is 7.55. The molecule has 0 aliphatic carbocycles. The molecular weight excluding hydrogens is 176 g/mol. The van der Waals surface area contributed by atoms with Gasteiger partial charge in [-0.25, -0.2) is 4.79 Å². The Bertz CT molecular complexity index is 145. The van der Waals surface area contributed by atoms with Crippen molar-refractivity contribution in [2.75, 3.05) is 20.3 Å². The molecule has 0 saturated heterocycles. The summed E-state index contributed by atoms with van der Waals surface area (Å²) in [6, 6.07) is 0. The number of carbonyl (C=O) groups is 1. The second-order valence-corrected chi connectivity index (χ2v) is 2.77. The van der Waals surface area contributed by atoms with Gasteiger partial charge in [-0.2, -0.15) is 0 Å². The minimum Gasteiger partial charge on any atom is -0.432 e. The van der Waals surface area contributed by atoms with Gasteiger partial charge in [-0.05, 0) is 13.8 Å². The van der Waals surface area contributed by atoms with Crippen LogP contribution >= 0.6 is 0 Å². The molecule has 0 bridgehead atoms. The van der Waals surface area contributed by atoms with Gasteiger partial charge >= 0.3 is 6.16 Å². The number of rotatable bonds is 5. The molecule has 5 nitrogen and oxygen atoms in total. The van der Waals surface area contributed by atoms with Crippen molar-refractivity contribution in [1.29, 1.82) is 0 Å². The second-order valence-electron chi connectivity index (χ2n) is 2.77. The first-order valence-electron chi connectivity index (χ1n) is 4.06. The predicted octanol–water partition coefficient (Wildman–Crippen LogP) is 0.555. The van der Waals surface area contributed by atoms with Crippen LogP contribution in [0.15, 0.2) is 0 Å². The quantitative estimate of drug-likeness (QED) is 0.644. The standard InChI is InChI=1S/C8H16O5/c1-6(9)4-12-8(10)13-5-7(2)11-3/h6-7,9H,4-5H2,1-3H3. The number of ether oxygens (including phenoxy) is 3. The van der Waals surface area contributed by atoms with Gasteiger partial charge in [0.1, 0.15) is 13.2 Å². The summed E-state index contributed by atoms with van der Waals surface area (Å²) in [7, 11) is 1.52. The first-order valence-corrected chi connectivity index (χ1v) is 4.06. The maximum absolute atomic E-state index is 10.8. The molecule has 2 atom stereocenters. The zero-order chi connectivity index (χ0) is 10.3. The van der Waals surface area contributed by atoms with Gasteiger partial charge in [-0.1, -0.05) is 0 Å². The third-order valence-corrected chi connectivity index (χ3v) is 1.28. The van der Waals surface area contributed by atoms with Crippen LogP contribution in [0.5, 0.6) is 0 Å². The van der Waals surface area contributed by atoms with Crippen molar-refractivity contribution in [1.82, 2.24) is 0 Å². The molecule has 0 rings (SSSR count). The van der Waals surface area contributed by atoms with E-state index >= 15 is 0 Å². The molecule has 1 N–H and O–H groups in total. The maximum atomic E-state index is 10.8. The minimum absolute atomic E-state index is 0.0554. The van der Waals surface area contributed by atoms with E-state index in [9.17, 15) is 4.79 Å². The van der Waals surface area contributed by atoms with E-state index in [1.807, 2.05) is 0 Å². The monoisotopic (exact) mass is 192 g/mol. The van der Waals surface area contributed by atoms with Crippen molar-refractivity contribution in [3.05, 3.63) is 0 Å². The van der Waals surface area contributed by atoms with E-state index in [1.165, 1.54) is 14.0 Å². The third-order valence-electron chi connectivity index (χ3n) is 1.28. The van der Waals surface area contributed by atoms with Crippen LogP contribution in [-0.2, 0) is 14.2 Å². The van der Waals surface area contributed by atoms with Gasteiger partial charge in [0.15, 0.2) is 0 Å². The van der Waals surface area contributed by atoms with Crippen LogP contribution in [0.1, 0.15) is 13.8 Å². The van der Waals surface area contributed by atoms with Crippen molar-refractivity contribution in [3.63, 3.8) is 0 Å². The number of methoxy groups -OCH3 is 1. The fourth-order valence-corrected chi connectivity index (χ4v) is 0.484. The smallest absolute Gasteiger partial charge is 0.432 e. The molecule has 0 aliphatic heterocycles. The van der Waals surface area contributed by atoms with Gasteiger partial charge in [0, 0.05) is 7.11 Å². The summed E-state index contributed by atoms with van der Waals surface area (Å²) < 4.78 is 14.0. The average molecular weight is 192 g/mol. The topological polar surface area (TPSA) is 65.0 Å². The van der Waals surface area contributed by atoms with Gasteiger partial charge in [-0.15, -0.1) is 0 Å². The summed E-state index contributed by atoms with van der Waals surface area (Å²) in [5.74, 6) is 0. The molecule has 13 heavy (non-hydrogen) atoms. The largest absolute Gasteiger partial charge is 0.508 e. The lowest BCUT2D eigenvalue weighted by Gasteiger charge is -2.10. The summed E-state index contributed by atoms with van der Waals surface area (Å²) in [6.45, 7) is 3.38. The number of aliphatic hydroxyl groups is 1. The Hall–Kier alpha value is -0.810.